The van der Waals surface area contributed by atoms with Crippen LogP contribution in [-0.2, 0) is 21.4 Å². The first kappa shape index (κ1) is 19.7. The normalized spacial score (nSPS) is 11.1. The number of sulfonamides is 1. The molecule has 0 aliphatic rings. The fourth-order valence-corrected chi connectivity index (χ4v) is 3.49. The Kier molecular flexibility index (Phi) is 6.20. The number of carbonyl (C=O) groups is 1. The molecule has 0 saturated heterocycles. The van der Waals surface area contributed by atoms with E-state index in [1.807, 2.05) is 44.1 Å². The predicted molar refractivity (Wildman–Crippen MR) is 104 cm³/mol. The van der Waals surface area contributed by atoms with Crippen LogP contribution < -0.4 is 14.5 Å². The van der Waals surface area contributed by atoms with Crippen LogP contribution in [0.3, 0.4) is 0 Å². The summed E-state index contributed by atoms with van der Waals surface area (Å²) < 4.78 is 25.5. The predicted octanol–water partition coefficient (Wildman–Crippen LogP) is 1.54. The molecule has 0 unspecified atom stereocenters. The summed E-state index contributed by atoms with van der Waals surface area (Å²) in [5, 5.41) is 2.77. The molecule has 0 aliphatic carbocycles. The number of aryl methyl sites for hydroxylation is 1. The van der Waals surface area contributed by atoms with Crippen molar-refractivity contribution >= 4 is 27.4 Å². The second kappa shape index (κ2) is 8.18. The SMILES string of the molecule is Cc1ccccc1N(CC(=O)NCc1cccnc1N(C)C)S(C)(=O)=O. The number of amides is 1. The number of benzene rings is 1. The van der Waals surface area contributed by atoms with Crippen LogP contribution in [0.5, 0.6) is 0 Å². The highest BCUT2D eigenvalue weighted by molar-refractivity contribution is 7.92. The first-order valence-corrected chi connectivity index (χ1v) is 9.96. The van der Waals surface area contributed by atoms with E-state index < -0.39 is 10.0 Å². The molecular formula is C18H24N4O3S. The standard InChI is InChI=1S/C18H24N4O3S/c1-14-8-5-6-10-16(14)22(26(4,24)25)13-17(23)20-12-15-9-7-11-19-18(15)21(2)3/h5-11H,12-13H2,1-4H3,(H,20,23). The molecule has 8 heteroatoms. The summed E-state index contributed by atoms with van der Waals surface area (Å²) in [4.78, 5) is 18.5. The van der Waals surface area contributed by atoms with E-state index in [2.05, 4.69) is 10.3 Å². The maximum absolute atomic E-state index is 12.4. The van der Waals surface area contributed by atoms with E-state index in [1.165, 1.54) is 0 Å². The van der Waals surface area contributed by atoms with Gasteiger partial charge in [-0.1, -0.05) is 24.3 Å². The van der Waals surface area contributed by atoms with Crippen LogP contribution >= 0.6 is 0 Å². The van der Waals surface area contributed by atoms with E-state index in [9.17, 15) is 13.2 Å². The highest BCUT2D eigenvalue weighted by Gasteiger charge is 2.22. The summed E-state index contributed by atoms with van der Waals surface area (Å²) in [6.07, 6.45) is 2.78. The number of nitrogens with one attached hydrogen (secondary N) is 1. The number of hydrogen-bond acceptors (Lipinski definition) is 5. The van der Waals surface area contributed by atoms with E-state index in [0.717, 1.165) is 27.5 Å². The Labute approximate surface area is 154 Å². The lowest BCUT2D eigenvalue weighted by Gasteiger charge is -2.23. The van der Waals surface area contributed by atoms with Crippen molar-refractivity contribution in [2.45, 2.75) is 13.5 Å². The lowest BCUT2D eigenvalue weighted by molar-refractivity contribution is -0.119. The lowest BCUT2D eigenvalue weighted by atomic mass is 10.2. The van der Waals surface area contributed by atoms with Crippen LogP contribution in [0.1, 0.15) is 11.1 Å². The number of pyridine rings is 1. The van der Waals surface area contributed by atoms with Gasteiger partial charge in [0.2, 0.25) is 15.9 Å². The fourth-order valence-electron chi connectivity index (χ4n) is 2.58. The minimum atomic E-state index is -3.59. The molecule has 0 aliphatic heterocycles. The molecule has 1 heterocycles. The molecular weight excluding hydrogens is 352 g/mol. The fraction of sp³-hybridized carbons (Fsp3) is 0.333. The Balaban J connectivity index is 2.13. The number of para-hydroxylation sites is 1. The van der Waals surface area contributed by atoms with Crippen LogP contribution in [0, 0.1) is 6.92 Å². The first-order valence-electron chi connectivity index (χ1n) is 8.11. The van der Waals surface area contributed by atoms with Gasteiger partial charge in [-0.3, -0.25) is 9.10 Å². The Morgan fingerprint density at radius 1 is 1.15 bits per heavy atom. The molecule has 0 fully saturated rings. The minimum absolute atomic E-state index is 0.269. The minimum Gasteiger partial charge on any atom is -0.362 e. The molecule has 7 nitrogen and oxygen atoms in total. The molecule has 1 N–H and O–H groups in total. The number of anilines is 2. The van der Waals surface area contributed by atoms with Crippen molar-refractivity contribution in [2.75, 3.05) is 36.1 Å². The topological polar surface area (TPSA) is 82.6 Å². The second-order valence-corrected chi connectivity index (χ2v) is 8.12. The third-order valence-corrected chi connectivity index (χ3v) is 4.97. The summed E-state index contributed by atoms with van der Waals surface area (Å²) >= 11 is 0. The van der Waals surface area contributed by atoms with Gasteiger partial charge in [-0.25, -0.2) is 13.4 Å². The van der Waals surface area contributed by atoms with Gasteiger partial charge in [0.15, 0.2) is 0 Å². The molecule has 1 aromatic carbocycles. The van der Waals surface area contributed by atoms with Gasteiger partial charge >= 0.3 is 0 Å². The van der Waals surface area contributed by atoms with Gasteiger partial charge in [0.1, 0.15) is 12.4 Å². The average molecular weight is 376 g/mol. The first-order chi connectivity index (χ1) is 12.2. The molecule has 1 aromatic heterocycles. The van der Waals surface area contributed by atoms with Gasteiger partial charge in [-0.15, -0.1) is 0 Å². The monoisotopic (exact) mass is 376 g/mol. The highest BCUT2D eigenvalue weighted by Crippen LogP contribution is 2.21. The van der Waals surface area contributed by atoms with E-state index in [4.69, 9.17) is 0 Å². The summed E-state index contributed by atoms with van der Waals surface area (Å²) in [6, 6.07) is 10.7. The number of rotatable bonds is 7. The molecule has 2 aromatic rings. The summed E-state index contributed by atoms with van der Waals surface area (Å²) in [5.74, 6) is 0.374. The van der Waals surface area contributed by atoms with Crippen LogP contribution in [0.2, 0.25) is 0 Å². The lowest BCUT2D eigenvalue weighted by Crippen LogP contribution is -2.40. The van der Waals surface area contributed by atoms with Gasteiger partial charge < -0.3 is 10.2 Å². The number of aromatic nitrogens is 1. The van der Waals surface area contributed by atoms with E-state index in [1.54, 1.807) is 24.4 Å². The molecule has 2 rings (SSSR count). The highest BCUT2D eigenvalue weighted by atomic mass is 32.2. The molecule has 0 saturated carbocycles. The van der Waals surface area contributed by atoms with Crippen molar-refractivity contribution in [2.24, 2.45) is 0 Å². The zero-order valence-corrected chi connectivity index (χ0v) is 16.2. The van der Waals surface area contributed by atoms with E-state index >= 15 is 0 Å². The van der Waals surface area contributed by atoms with Crippen molar-refractivity contribution in [3.63, 3.8) is 0 Å². The molecule has 0 bridgehead atoms. The maximum Gasteiger partial charge on any atom is 0.241 e. The largest absolute Gasteiger partial charge is 0.362 e. The number of hydrogen-bond donors (Lipinski definition) is 1. The van der Waals surface area contributed by atoms with Gasteiger partial charge in [0.05, 0.1) is 11.9 Å². The molecule has 1 amide bonds. The average Bonchev–Trinajstić information content (AvgIpc) is 2.58. The number of carbonyl (C=O) groups excluding carboxylic acids is 1. The van der Waals surface area contributed by atoms with Crippen LogP contribution in [0.15, 0.2) is 42.6 Å². The Morgan fingerprint density at radius 3 is 2.46 bits per heavy atom. The quantitative estimate of drug-likeness (QED) is 0.793. The Morgan fingerprint density at radius 2 is 1.85 bits per heavy atom. The van der Waals surface area contributed by atoms with Crippen molar-refractivity contribution in [1.29, 1.82) is 0 Å². The van der Waals surface area contributed by atoms with Gasteiger partial charge in [0.25, 0.3) is 0 Å². The molecule has 0 atom stereocenters. The van der Waals surface area contributed by atoms with Gasteiger partial charge in [-0.05, 0) is 24.6 Å². The van der Waals surface area contributed by atoms with Crippen molar-refractivity contribution in [3.8, 4) is 0 Å². The molecule has 140 valence electrons. The zero-order valence-electron chi connectivity index (χ0n) is 15.4. The third kappa shape index (κ3) is 4.95. The van der Waals surface area contributed by atoms with Crippen molar-refractivity contribution < 1.29 is 13.2 Å². The smallest absolute Gasteiger partial charge is 0.241 e. The van der Waals surface area contributed by atoms with Crippen LogP contribution in [0.4, 0.5) is 11.5 Å². The van der Waals surface area contributed by atoms with E-state index in [0.29, 0.717) is 5.69 Å². The van der Waals surface area contributed by atoms with Crippen molar-refractivity contribution in [1.82, 2.24) is 10.3 Å². The molecule has 26 heavy (non-hydrogen) atoms. The van der Waals surface area contributed by atoms with E-state index in [-0.39, 0.29) is 19.0 Å². The third-order valence-electron chi connectivity index (χ3n) is 3.84. The van der Waals surface area contributed by atoms with Crippen molar-refractivity contribution in [3.05, 3.63) is 53.7 Å². The van der Waals surface area contributed by atoms with Crippen LogP contribution in [0.25, 0.3) is 0 Å². The van der Waals surface area contributed by atoms with Gasteiger partial charge in [-0.2, -0.15) is 0 Å². The van der Waals surface area contributed by atoms with Gasteiger partial charge in [0, 0.05) is 32.4 Å². The summed E-state index contributed by atoms with van der Waals surface area (Å²) in [7, 11) is 0.156. The maximum atomic E-state index is 12.4. The Hall–Kier alpha value is -2.61. The summed E-state index contributed by atoms with van der Waals surface area (Å²) in [5.41, 5.74) is 2.14. The zero-order chi connectivity index (χ0) is 19.3. The Bertz CT molecular complexity index is 882. The number of nitrogens with zero attached hydrogens (tertiary/aromatic N) is 3. The summed E-state index contributed by atoms with van der Waals surface area (Å²) in [6.45, 7) is 1.80. The molecule has 0 radical (unpaired) electrons. The van der Waals surface area contributed by atoms with Crippen LogP contribution in [-0.4, -0.2) is 46.2 Å². The molecule has 0 spiro atoms. The second-order valence-electron chi connectivity index (χ2n) is 6.21.